The Hall–Kier alpha value is -3.86. The van der Waals surface area contributed by atoms with E-state index in [4.69, 9.17) is 4.74 Å². The van der Waals surface area contributed by atoms with Crippen molar-refractivity contribution in [1.82, 2.24) is 45.0 Å². The predicted molar refractivity (Wildman–Crippen MR) is 134 cm³/mol. The lowest BCUT2D eigenvalue weighted by Gasteiger charge is -2.32. The zero-order chi connectivity index (χ0) is 25.2. The molecule has 1 saturated heterocycles. The topological polar surface area (TPSA) is 126 Å². The van der Waals surface area contributed by atoms with Gasteiger partial charge in [-0.2, -0.15) is 10.2 Å². The van der Waals surface area contributed by atoms with Crippen LogP contribution in [0.5, 0.6) is 6.01 Å². The summed E-state index contributed by atoms with van der Waals surface area (Å²) in [6, 6.07) is 2.52. The first-order valence-corrected chi connectivity index (χ1v) is 12.2. The number of aromatic amines is 1. The van der Waals surface area contributed by atoms with Crippen LogP contribution in [-0.4, -0.2) is 71.8 Å². The molecule has 0 unspecified atom stereocenters. The fraction of sp³-hybridized carbons (Fsp3) is 0.440. The molecule has 4 aromatic rings. The smallest absolute Gasteiger partial charge is 0.316 e. The summed E-state index contributed by atoms with van der Waals surface area (Å²) in [7, 11) is 1.56. The van der Waals surface area contributed by atoms with Crippen molar-refractivity contribution in [2.45, 2.75) is 52.1 Å². The van der Waals surface area contributed by atoms with E-state index in [1.165, 1.54) is 6.33 Å². The van der Waals surface area contributed by atoms with E-state index in [0.717, 1.165) is 66.1 Å². The highest BCUT2D eigenvalue weighted by Crippen LogP contribution is 2.31. The van der Waals surface area contributed by atoms with Gasteiger partial charge in [0.05, 0.1) is 12.8 Å². The Morgan fingerprint density at radius 3 is 2.67 bits per heavy atom. The van der Waals surface area contributed by atoms with E-state index < -0.39 is 0 Å². The molecule has 1 fully saturated rings. The summed E-state index contributed by atoms with van der Waals surface area (Å²) in [6.45, 7) is 8.71. The molecule has 0 saturated carbocycles. The van der Waals surface area contributed by atoms with Crippen molar-refractivity contribution in [3.05, 3.63) is 53.4 Å². The Bertz CT molecular complexity index is 1350. The van der Waals surface area contributed by atoms with Gasteiger partial charge in [0.1, 0.15) is 12.0 Å². The molecule has 5 heterocycles. The van der Waals surface area contributed by atoms with E-state index in [1.54, 1.807) is 24.0 Å². The molecular weight excluding hydrogens is 458 g/mol. The quantitative estimate of drug-likeness (QED) is 0.406. The van der Waals surface area contributed by atoms with Crippen molar-refractivity contribution in [3.8, 4) is 17.3 Å². The summed E-state index contributed by atoms with van der Waals surface area (Å²) in [4.78, 5) is 28.3. The van der Waals surface area contributed by atoms with Crippen LogP contribution in [0.2, 0.25) is 0 Å². The molecule has 0 aliphatic carbocycles. The number of fused-ring (bicyclic) bond motifs is 1. The van der Waals surface area contributed by atoms with E-state index in [2.05, 4.69) is 54.3 Å². The Kier molecular flexibility index (Phi) is 6.64. The van der Waals surface area contributed by atoms with Gasteiger partial charge in [0.2, 0.25) is 0 Å². The number of nitrogens with one attached hydrogen (secondary N) is 2. The number of carbonyl (C=O) groups is 1. The van der Waals surface area contributed by atoms with Crippen LogP contribution < -0.4 is 10.1 Å². The van der Waals surface area contributed by atoms with Crippen molar-refractivity contribution in [2.75, 3.05) is 20.2 Å². The third-order valence-electron chi connectivity index (χ3n) is 6.63. The first-order chi connectivity index (χ1) is 17.4. The van der Waals surface area contributed by atoms with Crippen molar-refractivity contribution in [3.63, 3.8) is 0 Å². The Morgan fingerprint density at radius 2 is 1.97 bits per heavy atom. The second kappa shape index (κ2) is 10.0. The fourth-order valence-corrected chi connectivity index (χ4v) is 4.81. The van der Waals surface area contributed by atoms with Crippen LogP contribution in [0, 0.1) is 6.92 Å². The number of carbonyl (C=O) groups excluding carboxylic acids is 1. The molecule has 5 rings (SSSR count). The second-order valence-corrected chi connectivity index (χ2v) is 9.56. The fourth-order valence-electron chi connectivity index (χ4n) is 4.81. The molecule has 0 bridgehead atoms. The summed E-state index contributed by atoms with van der Waals surface area (Å²) in [5.41, 5.74) is 5.96. The Labute approximate surface area is 209 Å². The van der Waals surface area contributed by atoms with Crippen LogP contribution in [-0.2, 0) is 6.54 Å². The molecule has 0 spiro atoms. The maximum absolute atomic E-state index is 13.3. The maximum atomic E-state index is 13.3. The van der Waals surface area contributed by atoms with Gasteiger partial charge < -0.3 is 10.1 Å². The van der Waals surface area contributed by atoms with Crippen LogP contribution in [0.4, 0.5) is 0 Å². The lowest BCUT2D eigenvalue weighted by atomic mass is 9.96. The highest BCUT2D eigenvalue weighted by atomic mass is 16.5. The zero-order valence-electron chi connectivity index (χ0n) is 21.0. The van der Waals surface area contributed by atoms with Crippen molar-refractivity contribution >= 4 is 11.6 Å². The average molecular weight is 490 g/mol. The Balaban J connectivity index is 1.25. The van der Waals surface area contributed by atoms with Gasteiger partial charge >= 0.3 is 6.01 Å². The molecule has 0 atom stereocenters. The molecule has 0 aromatic carbocycles. The van der Waals surface area contributed by atoms with Crippen molar-refractivity contribution in [1.29, 1.82) is 0 Å². The number of nitrogens with zero attached hydrogens (tertiary/aromatic N) is 7. The van der Waals surface area contributed by atoms with E-state index >= 15 is 0 Å². The van der Waals surface area contributed by atoms with Gasteiger partial charge in [-0.3, -0.25) is 14.8 Å². The number of rotatable bonds is 7. The number of aryl methyl sites for hydroxylation is 1. The average Bonchev–Trinajstić information content (AvgIpc) is 3.53. The van der Waals surface area contributed by atoms with Crippen LogP contribution in [0.3, 0.4) is 0 Å². The Morgan fingerprint density at radius 1 is 1.22 bits per heavy atom. The molecular formula is C25H31N9O2. The van der Waals surface area contributed by atoms with E-state index in [-0.39, 0.29) is 17.9 Å². The number of methoxy groups -OCH3 is 1. The van der Waals surface area contributed by atoms with Gasteiger partial charge in [0.15, 0.2) is 5.65 Å². The largest absolute Gasteiger partial charge is 0.467 e. The standard InChI is InChI=1S/C25H31N9O2/c1-15(2)20-21(18-9-16(3)23-28-14-29-34(23)13-18)31-32-22(20)24(35)30-19-5-7-33(8-6-19)12-17-10-26-25(36-4)27-11-17/h9-11,13-15,19H,5-8,12H2,1-4H3,(H,30,35)(H,31,32). The highest BCUT2D eigenvalue weighted by molar-refractivity contribution is 5.96. The highest BCUT2D eigenvalue weighted by Gasteiger charge is 2.26. The van der Waals surface area contributed by atoms with E-state index in [1.807, 2.05) is 19.2 Å². The summed E-state index contributed by atoms with van der Waals surface area (Å²) < 4.78 is 6.77. The molecule has 1 aliphatic rings. The summed E-state index contributed by atoms with van der Waals surface area (Å²) in [6.07, 6.45) is 8.79. The number of ether oxygens (including phenoxy) is 1. The second-order valence-electron chi connectivity index (χ2n) is 9.56. The summed E-state index contributed by atoms with van der Waals surface area (Å²) in [5, 5.41) is 15.1. The van der Waals surface area contributed by atoms with Gasteiger partial charge in [0.25, 0.3) is 5.91 Å². The van der Waals surface area contributed by atoms with Gasteiger partial charge in [-0.1, -0.05) is 13.8 Å². The third-order valence-corrected chi connectivity index (χ3v) is 6.63. The van der Waals surface area contributed by atoms with Crippen LogP contribution >= 0.6 is 0 Å². The lowest BCUT2D eigenvalue weighted by Crippen LogP contribution is -2.44. The predicted octanol–water partition coefficient (Wildman–Crippen LogP) is 2.74. The van der Waals surface area contributed by atoms with Crippen LogP contribution in [0.1, 0.15) is 59.8 Å². The minimum atomic E-state index is -0.113. The number of likely N-dealkylation sites (tertiary alicyclic amines) is 1. The zero-order valence-corrected chi connectivity index (χ0v) is 21.0. The molecule has 11 nitrogen and oxygen atoms in total. The van der Waals surface area contributed by atoms with E-state index in [0.29, 0.717) is 11.7 Å². The number of H-pyrrole nitrogens is 1. The molecule has 2 N–H and O–H groups in total. The summed E-state index contributed by atoms with van der Waals surface area (Å²) in [5.74, 6) is -0.00202. The number of amides is 1. The SMILES string of the molecule is COc1ncc(CN2CCC(NC(=O)c3[nH]nc(-c4cc(C)c5ncnn5c4)c3C(C)C)CC2)cn1. The first-order valence-electron chi connectivity index (χ1n) is 12.2. The number of hydrogen-bond acceptors (Lipinski definition) is 8. The molecule has 1 aliphatic heterocycles. The van der Waals surface area contributed by atoms with Gasteiger partial charge in [-0.15, -0.1) is 0 Å². The summed E-state index contributed by atoms with van der Waals surface area (Å²) >= 11 is 0. The van der Waals surface area contributed by atoms with Crippen molar-refractivity contribution in [2.24, 2.45) is 0 Å². The third kappa shape index (κ3) is 4.78. The molecule has 188 valence electrons. The minimum absolute atomic E-state index is 0.111. The first kappa shape index (κ1) is 23.9. The maximum Gasteiger partial charge on any atom is 0.316 e. The van der Waals surface area contributed by atoms with Gasteiger partial charge in [-0.25, -0.2) is 19.5 Å². The van der Waals surface area contributed by atoms with E-state index in [9.17, 15) is 4.79 Å². The lowest BCUT2D eigenvalue weighted by molar-refractivity contribution is 0.0902. The monoisotopic (exact) mass is 489 g/mol. The number of pyridine rings is 1. The molecule has 4 aromatic heterocycles. The number of aromatic nitrogens is 7. The normalized spacial score (nSPS) is 15.0. The molecule has 11 heteroatoms. The minimum Gasteiger partial charge on any atom is -0.467 e. The number of hydrogen-bond donors (Lipinski definition) is 2. The number of piperidine rings is 1. The van der Waals surface area contributed by atoms with Crippen LogP contribution in [0.25, 0.3) is 16.9 Å². The molecule has 1 amide bonds. The molecule has 0 radical (unpaired) electrons. The van der Waals surface area contributed by atoms with Gasteiger partial charge in [0, 0.05) is 61.0 Å². The molecule has 36 heavy (non-hydrogen) atoms. The van der Waals surface area contributed by atoms with Gasteiger partial charge in [-0.05, 0) is 37.3 Å². The van der Waals surface area contributed by atoms with Crippen LogP contribution in [0.15, 0.2) is 31.0 Å². The van der Waals surface area contributed by atoms with Crippen molar-refractivity contribution < 1.29 is 9.53 Å².